The lowest BCUT2D eigenvalue weighted by Gasteiger charge is -1.92. The van der Waals surface area contributed by atoms with Crippen molar-refractivity contribution < 1.29 is 38.1 Å². The van der Waals surface area contributed by atoms with Crippen molar-refractivity contribution in [3.63, 3.8) is 0 Å². The predicted octanol–water partition coefficient (Wildman–Crippen LogP) is 2.96. The fourth-order valence-electron chi connectivity index (χ4n) is 2.91. The number of thiazole rings is 1. The number of nitrogens with zero attached hydrogens (tertiary/aromatic N) is 1. The Morgan fingerprint density at radius 3 is 2.54 bits per heavy atom. The number of carbonyl (C=O) groups excluding carboxylic acids is 1. The molecule has 4 rings (SSSR count). The van der Waals surface area contributed by atoms with E-state index in [2.05, 4.69) is 60.0 Å². The van der Waals surface area contributed by atoms with E-state index in [9.17, 15) is 4.79 Å². The third-order valence-electron chi connectivity index (χ3n) is 4.21. The Kier molecular flexibility index (Phi) is 7.03. The van der Waals surface area contributed by atoms with E-state index in [0.717, 1.165) is 16.3 Å². The van der Waals surface area contributed by atoms with Crippen LogP contribution in [0.5, 0.6) is 0 Å². The molecule has 7 heteroatoms. The molecule has 0 fully saturated rings. The highest BCUT2D eigenvalue weighted by atomic mass is 127. The molecule has 3 aromatic heterocycles. The van der Waals surface area contributed by atoms with Gasteiger partial charge in [-0.3, -0.25) is 0 Å². The van der Waals surface area contributed by atoms with Crippen LogP contribution in [0, 0.1) is 0 Å². The van der Waals surface area contributed by atoms with Gasteiger partial charge < -0.3 is 28.7 Å². The Labute approximate surface area is 192 Å². The van der Waals surface area contributed by atoms with Crippen LogP contribution >= 0.6 is 34.0 Å². The molecule has 0 bridgehead atoms. The van der Waals surface area contributed by atoms with Crippen LogP contribution in [0.1, 0.15) is 26.5 Å². The fraction of sp³-hybridized carbons (Fsp3) is 0.143. The number of ether oxygens (including phenoxy) is 1. The average molecular weight is 539 g/mol. The number of para-hydroxylation sites is 1. The number of thiophene rings is 2. The number of esters is 1. The van der Waals surface area contributed by atoms with Crippen LogP contribution in [0.15, 0.2) is 48.5 Å². The van der Waals surface area contributed by atoms with Gasteiger partial charge in [-0.2, -0.15) is 4.57 Å². The molecular weight excluding hydrogens is 521 g/mol. The number of methoxy groups -OCH3 is 1. The molecule has 0 atom stereocenters. The minimum atomic E-state index is -0.281. The van der Waals surface area contributed by atoms with Crippen LogP contribution in [0.4, 0.5) is 0 Å². The maximum Gasteiger partial charge on any atom is 0.348 e. The summed E-state index contributed by atoms with van der Waals surface area (Å²) in [6, 6.07) is 16.5. The van der Waals surface area contributed by atoms with E-state index >= 15 is 0 Å². The van der Waals surface area contributed by atoms with Crippen LogP contribution in [0.2, 0.25) is 0 Å². The van der Waals surface area contributed by atoms with E-state index in [4.69, 9.17) is 4.74 Å². The van der Waals surface area contributed by atoms with E-state index in [1.54, 1.807) is 11.3 Å². The summed E-state index contributed by atoms with van der Waals surface area (Å²) >= 11 is 5.00. The molecule has 1 aromatic carbocycles. The number of hydrogen-bond acceptors (Lipinski definition) is 5. The highest BCUT2D eigenvalue weighted by molar-refractivity contribution is 7.23. The van der Waals surface area contributed by atoms with Gasteiger partial charge in [0.15, 0.2) is 0 Å². The Balaban J connectivity index is 0.00000225. The minimum Gasteiger partial charge on any atom is -1.00 e. The highest BCUT2D eigenvalue weighted by Gasteiger charge is 2.16. The number of halogens is 1. The topological polar surface area (TPSA) is 30.2 Å². The first-order valence-corrected chi connectivity index (χ1v) is 11.0. The highest BCUT2D eigenvalue weighted by Crippen LogP contribution is 2.34. The largest absolute Gasteiger partial charge is 1.00 e. The van der Waals surface area contributed by atoms with Gasteiger partial charge in [-0.1, -0.05) is 23.5 Å². The van der Waals surface area contributed by atoms with Crippen molar-refractivity contribution in [2.24, 2.45) is 0 Å². The van der Waals surface area contributed by atoms with E-state index in [1.165, 1.54) is 38.5 Å². The molecule has 0 unspecified atom stereocenters. The molecule has 0 aliphatic heterocycles. The van der Waals surface area contributed by atoms with Crippen molar-refractivity contribution in [3.05, 3.63) is 63.3 Å². The van der Waals surface area contributed by atoms with E-state index in [1.807, 2.05) is 23.5 Å². The number of carbonyl (C=O) groups is 1. The lowest BCUT2D eigenvalue weighted by Crippen LogP contribution is -3.00. The first-order chi connectivity index (χ1) is 13.2. The van der Waals surface area contributed by atoms with Crippen molar-refractivity contribution in [1.29, 1.82) is 0 Å². The molecule has 3 heterocycles. The first-order valence-electron chi connectivity index (χ1n) is 8.57. The van der Waals surface area contributed by atoms with Crippen molar-refractivity contribution in [3.8, 4) is 9.75 Å². The number of rotatable bonds is 5. The van der Waals surface area contributed by atoms with Crippen molar-refractivity contribution in [2.45, 2.75) is 13.5 Å². The summed E-state index contributed by atoms with van der Waals surface area (Å²) in [5, 5.41) is 1.25. The smallest absolute Gasteiger partial charge is 0.348 e. The van der Waals surface area contributed by atoms with Crippen molar-refractivity contribution in [2.75, 3.05) is 7.11 Å². The molecule has 0 amide bonds. The molecule has 0 aliphatic carbocycles. The molecular formula is C21H18INO2S3. The van der Waals surface area contributed by atoms with Crippen LogP contribution in [0.25, 0.3) is 32.1 Å². The van der Waals surface area contributed by atoms with Gasteiger partial charge in [0.05, 0.1) is 7.11 Å². The van der Waals surface area contributed by atoms with E-state index < -0.39 is 0 Å². The lowest BCUT2D eigenvalue weighted by atomic mass is 10.3. The zero-order valence-electron chi connectivity index (χ0n) is 15.3. The standard InChI is InChI=1S/C21H18NO2S3.HI/c1-3-22-15-6-4-5-7-16(15)27-20(22)13-9-14-8-10-17(25-14)18-11-12-19(26-18)21(23)24-2;/h4-13H,3H2,1-2H3;1H/q+1;/p-1/b13-9+;. The van der Waals surface area contributed by atoms with Crippen LogP contribution < -0.4 is 28.5 Å². The average Bonchev–Trinajstić information content (AvgIpc) is 3.42. The summed E-state index contributed by atoms with van der Waals surface area (Å²) in [7, 11) is 1.41. The van der Waals surface area contributed by atoms with Gasteiger partial charge in [0.2, 0.25) is 5.52 Å². The zero-order valence-corrected chi connectivity index (χ0v) is 20.0. The molecule has 0 saturated carbocycles. The lowest BCUT2D eigenvalue weighted by molar-refractivity contribution is -0.665. The molecule has 0 N–H and O–H groups in total. The Morgan fingerprint density at radius 1 is 1.00 bits per heavy atom. The number of fused-ring (bicyclic) bond motifs is 1. The molecule has 4 aromatic rings. The third kappa shape index (κ3) is 4.22. The predicted molar refractivity (Wildman–Crippen MR) is 116 cm³/mol. The summed E-state index contributed by atoms with van der Waals surface area (Å²) in [4.78, 5) is 15.7. The van der Waals surface area contributed by atoms with Gasteiger partial charge in [-0.05, 0) is 43.3 Å². The van der Waals surface area contributed by atoms with Gasteiger partial charge >= 0.3 is 5.97 Å². The molecule has 0 aliphatic rings. The SMILES string of the molecule is CC[n+]1c(/C=C/c2ccc(-c3ccc(C(=O)OC)s3)s2)sc2ccccc21.[I-]. The molecule has 0 spiro atoms. The van der Waals surface area contributed by atoms with Gasteiger partial charge in [0, 0.05) is 26.8 Å². The Bertz CT molecular complexity index is 1140. The number of aryl methyl sites for hydroxylation is 1. The van der Waals surface area contributed by atoms with Crippen molar-refractivity contribution in [1.82, 2.24) is 0 Å². The summed E-state index contributed by atoms with van der Waals surface area (Å²) in [6.07, 6.45) is 4.36. The molecule has 3 nitrogen and oxygen atoms in total. The van der Waals surface area contributed by atoms with Gasteiger partial charge in [0.25, 0.3) is 5.01 Å². The number of hydrogen-bond donors (Lipinski definition) is 0. The van der Waals surface area contributed by atoms with E-state index in [0.29, 0.717) is 4.88 Å². The second-order valence-electron chi connectivity index (χ2n) is 5.84. The number of benzene rings is 1. The summed E-state index contributed by atoms with van der Waals surface area (Å²) in [6.45, 7) is 3.13. The molecule has 144 valence electrons. The van der Waals surface area contributed by atoms with E-state index in [-0.39, 0.29) is 29.9 Å². The van der Waals surface area contributed by atoms with Crippen LogP contribution in [-0.2, 0) is 11.3 Å². The zero-order chi connectivity index (χ0) is 18.8. The second-order valence-corrected chi connectivity index (χ2v) is 9.10. The van der Waals surface area contributed by atoms with Crippen molar-refractivity contribution >= 4 is 62.3 Å². The monoisotopic (exact) mass is 539 g/mol. The second kappa shape index (κ2) is 9.30. The van der Waals surface area contributed by atoms with Crippen LogP contribution in [0.3, 0.4) is 0 Å². The van der Waals surface area contributed by atoms with Gasteiger partial charge in [-0.15, -0.1) is 22.7 Å². The summed E-state index contributed by atoms with van der Waals surface area (Å²) < 4.78 is 8.43. The Morgan fingerprint density at radius 2 is 1.75 bits per heavy atom. The number of aromatic nitrogens is 1. The quantitative estimate of drug-likeness (QED) is 0.222. The Hall–Kier alpha value is -1.55. The van der Waals surface area contributed by atoms with Crippen LogP contribution in [-0.4, -0.2) is 13.1 Å². The molecule has 0 saturated heterocycles. The van der Waals surface area contributed by atoms with Gasteiger partial charge in [0.1, 0.15) is 16.1 Å². The normalized spacial score (nSPS) is 11.1. The minimum absolute atomic E-state index is 0. The summed E-state index contributed by atoms with van der Waals surface area (Å²) in [5.41, 5.74) is 1.28. The van der Waals surface area contributed by atoms with Gasteiger partial charge in [-0.25, -0.2) is 4.79 Å². The maximum atomic E-state index is 11.6. The maximum absolute atomic E-state index is 11.6. The third-order valence-corrected chi connectivity index (χ3v) is 7.65. The molecule has 28 heavy (non-hydrogen) atoms. The molecule has 0 radical (unpaired) electrons. The first kappa shape index (κ1) is 21.2. The summed E-state index contributed by atoms with van der Waals surface area (Å²) in [5.74, 6) is -0.281. The fourth-order valence-corrected chi connectivity index (χ4v) is 5.97.